The van der Waals surface area contributed by atoms with Gasteiger partial charge in [-0.3, -0.25) is 4.79 Å². The molecule has 0 radical (unpaired) electrons. The molecule has 1 aromatic carbocycles. The van der Waals surface area contributed by atoms with Gasteiger partial charge in [0.15, 0.2) is 0 Å². The smallest absolute Gasteiger partial charge is 0.239 e. The molecule has 0 bridgehead atoms. The van der Waals surface area contributed by atoms with E-state index in [-0.39, 0.29) is 61.1 Å². The zero-order valence-electron chi connectivity index (χ0n) is 25.6. The summed E-state index contributed by atoms with van der Waals surface area (Å²) in [6.07, 6.45) is 11.1. The fourth-order valence-electron chi connectivity index (χ4n) is 7.65. The third-order valence-corrected chi connectivity index (χ3v) is 9.70. The Hall–Kier alpha value is -2.88. The van der Waals surface area contributed by atoms with Gasteiger partial charge in [-0.2, -0.15) is 0 Å². The number of carbonyl (C=O) groups excluding carboxylic acids is 1. The normalized spacial score (nSPS) is 30.1. The number of allylic oxidation sites excluding steroid dienone is 1. The molecule has 0 spiro atoms. The molecule has 1 heterocycles. The highest BCUT2D eigenvalue weighted by atomic mass is 16.7. The molecule has 1 aromatic rings. The fourth-order valence-corrected chi connectivity index (χ4v) is 7.65. The lowest BCUT2D eigenvalue weighted by molar-refractivity contribution is -0.255. The molecule has 2 fully saturated rings. The van der Waals surface area contributed by atoms with Gasteiger partial charge in [0.2, 0.25) is 11.7 Å². The standard InChI is InChI=1S/C34H48N2O7/c1-4-18-41-34-30(36(3)33(40)22-12-13-22)21-28(35-42-5-2)26-19-23(10-6-8-16-37)25(11-7-9-17-38)31(32(26)34)27-20-24(39)14-15-29(27)43-34/h4,14-15,19-20,22-23,25,30-32,37-39H,1,5-13,16-18,21H2,2-3H3. The number of rotatable bonds is 15. The van der Waals surface area contributed by atoms with Crippen molar-refractivity contribution in [2.45, 2.75) is 82.5 Å². The van der Waals surface area contributed by atoms with Crippen LogP contribution in [0.2, 0.25) is 0 Å². The number of nitrogens with zero attached hydrogens (tertiary/aromatic N) is 2. The Morgan fingerprint density at radius 1 is 1.19 bits per heavy atom. The zero-order chi connectivity index (χ0) is 30.6. The van der Waals surface area contributed by atoms with Crippen molar-refractivity contribution in [3.63, 3.8) is 0 Å². The summed E-state index contributed by atoms with van der Waals surface area (Å²) in [7, 11) is 1.85. The number of benzene rings is 1. The number of unbranched alkanes of at least 4 members (excludes halogenated alkanes) is 2. The molecule has 0 aromatic heterocycles. The number of carbonyl (C=O) groups is 1. The first-order valence-corrected chi connectivity index (χ1v) is 16.1. The molecule has 4 aliphatic rings. The Kier molecular flexibility index (Phi) is 10.1. The van der Waals surface area contributed by atoms with E-state index in [1.54, 1.807) is 12.1 Å². The molecular weight excluding hydrogens is 548 g/mol. The molecule has 1 amide bonds. The highest BCUT2D eigenvalue weighted by Crippen LogP contribution is 2.61. The number of ether oxygens (including phenoxy) is 2. The van der Waals surface area contributed by atoms with Crippen LogP contribution >= 0.6 is 0 Å². The molecule has 0 saturated heterocycles. The van der Waals surface area contributed by atoms with Gasteiger partial charge in [0.25, 0.3) is 0 Å². The van der Waals surface area contributed by atoms with E-state index in [4.69, 9.17) is 14.3 Å². The molecule has 3 aliphatic carbocycles. The van der Waals surface area contributed by atoms with Crippen LogP contribution in [0.3, 0.4) is 0 Å². The first-order valence-electron chi connectivity index (χ1n) is 16.1. The minimum atomic E-state index is -1.22. The number of hydrogen-bond donors (Lipinski definition) is 3. The maximum atomic E-state index is 13.6. The third-order valence-electron chi connectivity index (χ3n) is 9.70. The summed E-state index contributed by atoms with van der Waals surface area (Å²) >= 11 is 0. The molecular formula is C34H48N2O7. The maximum Gasteiger partial charge on any atom is 0.239 e. The van der Waals surface area contributed by atoms with Crippen LogP contribution in [-0.4, -0.2) is 77.1 Å². The number of oxime groups is 1. The number of amides is 1. The second kappa shape index (κ2) is 13.8. The Labute approximate surface area is 255 Å². The van der Waals surface area contributed by atoms with E-state index in [9.17, 15) is 20.1 Å². The lowest BCUT2D eigenvalue weighted by atomic mass is 9.55. The van der Waals surface area contributed by atoms with Crippen molar-refractivity contribution >= 4 is 11.6 Å². The first kappa shape index (κ1) is 31.5. The van der Waals surface area contributed by atoms with Crippen molar-refractivity contribution in [1.82, 2.24) is 4.90 Å². The van der Waals surface area contributed by atoms with Crippen LogP contribution in [0.1, 0.15) is 76.2 Å². The summed E-state index contributed by atoms with van der Waals surface area (Å²) < 4.78 is 13.8. The highest BCUT2D eigenvalue weighted by Gasteiger charge is 2.65. The van der Waals surface area contributed by atoms with E-state index in [1.165, 1.54) is 0 Å². The second-order valence-corrected chi connectivity index (χ2v) is 12.4. The van der Waals surface area contributed by atoms with Gasteiger partial charge in [0.1, 0.15) is 24.1 Å². The van der Waals surface area contributed by atoms with Crippen molar-refractivity contribution < 1.29 is 34.4 Å². The maximum absolute atomic E-state index is 13.6. The molecule has 6 unspecified atom stereocenters. The number of phenolic OH excluding ortho intramolecular Hbond substituents is 1. The quantitative estimate of drug-likeness (QED) is 0.149. The minimum Gasteiger partial charge on any atom is -0.508 e. The summed E-state index contributed by atoms with van der Waals surface area (Å²) in [5.74, 6) is -0.433. The Morgan fingerprint density at radius 2 is 1.93 bits per heavy atom. The van der Waals surface area contributed by atoms with Gasteiger partial charge in [0.05, 0.1) is 18.2 Å². The average Bonchev–Trinajstić information content (AvgIpc) is 3.86. The summed E-state index contributed by atoms with van der Waals surface area (Å²) in [5, 5.41) is 34.6. The van der Waals surface area contributed by atoms with E-state index < -0.39 is 11.8 Å². The molecule has 1 aliphatic heterocycles. The molecule has 9 heteroatoms. The van der Waals surface area contributed by atoms with E-state index in [2.05, 4.69) is 17.8 Å². The number of likely N-dealkylation sites (N-methyl/N-ethyl adjacent to an activating group) is 1. The van der Waals surface area contributed by atoms with E-state index in [0.29, 0.717) is 25.2 Å². The molecule has 6 atom stereocenters. The summed E-state index contributed by atoms with van der Waals surface area (Å²) in [5.41, 5.74) is 2.72. The van der Waals surface area contributed by atoms with Gasteiger partial charge in [-0.1, -0.05) is 30.1 Å². The SMILES string of the molecule is C=CCOC12Oc3ccc(O)cc3C3C(CCCCO)C(CCCCO)C=C(C(=NOCC)CC1N(C)C(=O)C1CC1)C32. The lowest BCUT2D eigenvalue weighted by Gasteiger charge is -2.59. The summed E-state index contributed by atoms with van der Waals surface area (Å²) in [6, 6.07) is 4.78. The van der Waals surface area contributed by atoms with Crippen molar-refractivity contribution in [3.8, 4) is 11.5 Å². The zero-order valence-corrected chi connectivity index (χ0v) is 25.6. The van der Waals surface area contributed by atoms with Crippen molar-refractivity contribution in [2.24, 2.45) is 28.8 Å². The molecule has 2 saturated carbocycles. The van der Waals surface area contributed by atoms with Gasteiger partial charge >= 0.3 is 0 Å². The Balaban J connectivity index is 1.73. The van der Waals surface area contributed by atoms with Gasteiger partial charge in [-0.15, -0.1) is 6.58 Å². The van der Waals surface area contributed by atoms with Gasteiger partial charge in [-0.05, 0) is 81.1 Å². The van der Waals surface area contributed by atoms with Crippen LogP contribution in [0.5, 0.6) is 11.5 Å². The average molecular weight is 597 g/mol. The van der Waals surface area contributed by atoms with E-state index >= 15 is 0 Å². The van der Waals surface area contributed by atoms with Crippen LogP contribution in [0, 0.1) is 23.7 Å². The third kappa shape index (κ3) is 6.22. The molecule has 236 valence electrons. The van der Waals surface area contributed by atoms with Crippen LogP contribution in [0.4, 0.5) is 0 Å². The van der Waals surface area contributed by atoms with Crippen molar-refractivity contribution in [3.05, 3.63) is 48.1 Å². The number of phenols is 1. The number of aliphatic hydroxyl groups excluding tert-OH is 2. The second-order valence-electron chi connectivity index (χ2n) is 12.4. The number of aromatic hydroxyl groups is 1. The van der Waals surface area contributed by atoms with E-state index in [1.807, 2.05) is 31.0 Å². The van der Waals surface area contributed by atoms with Crippen molar-refractivity contribution in [2.75, 3.05) is 33.5 Å². The lowest BCUT2D eigenvalue weighted by Crippen LogP contribution is -2.69. The van der Waals surface area contributed by atoms with E-state index in [0.717, 1.165) is 61.8 Å². The monoisotopic (exact) mass is 596 g/mol. The minimum absolute atomic E-state index is 0.0165. The Morgan fingerprint density at radius 3 is 2.60 bits per heavy atom. The predicted molar refractivity (Wildman–Crippen MR) is 164 cm³/mol. The summed E-state index contributed by atoms with van der Waals surface area (Å²) in [6.45, 7) is 6.76. The number of hydrogen-bond acceptors (Lipinski definition) is 8. The molecule has 3 N–H and O–H groups in total. The predicted octanol–water partition coefficient (Wildman–Crippen LogP) is 4.91. The molecule has 9 nitrogen and oxygen atoms in total. The number of fused-ring (bicyclic) bond motifs is 2. The van der Waals surface area contributed by atoms with Gasteiger partial charge < -0.3 is 34.5 Å². The van der Waals surface area contributed by atoms with Crippen LogP contribution in [0.25, 0.3) is 0 Å². The largest absolute Gasteiger partial charge is 0.508 e. The Bertz CT molecular complexity index is 1210. The first-order chi connectivity index (χ1) is 20.9. The van der Waals surface area contributed by atoms with Gasteiger partial charge in [-0.25, -0.2) is 0 Å². The fraction of sp³-hybridized carbons (Fsp3) is 0.647. The number of aliphatic hydroxyl groups is 2. The van der Waals surface area contributed by atoms with Crippen LogP contribution in [0.15, 0.2) is 47.7 Å². The van der Waals surface area contributed by atoms with Crippen LogP contribution in [-0.2, 0) is 14.4 Å². The van der Waals surface area contributed by atoms with Crippen LogP contribution < -0.4 is 4.74 Å². The van der Waals surface area contributed by atoms with Gasteiger partial charge in [0, 0.05) is 44.1 Å². The highest BCUT2D eigenvalue weighted by molar-refractivity contribution is 6.03. The topological polar surface area (TPSA) is 121 Å². The summed E-state index contributed by atoms with van der Waals surface area (Å²) in [4.78, 5) is 21.1. The molecule has 43 heavy (non-hydrogen) atoms. The molecule has 5 rings (SSSR count). The van der Waals surface area contributed by atoms with Crippen molar-refractivity contribution in [1.29, 1.82) is 0 Å².